The van der Waals surface area contributed by atoms with Crippen LogP contribution in [0.15, 0.2) is 79.6 Å². The first-order chi connectivity index (χ1) is 13.7. The smallest absolute Gasteiger partial charge is 0.246 e. The van der Waals surface area contributed by atoms with E-state index < -0.39 is 0 Å². The van der Waals surface area contributed by atoms with E-state index in [1.165, 1.54) is 6.08 Å². The van der Waals surface area contributed by atoms with Crippen LogP contribution < -0.4 is 5.32 Å². The van der Waals surface area contributed by atoms with E-state index in [1.54, 1.807) is 17.3 Å². The first-order valence-corrected chi connectivity index (χ1v) is 9.30. The molecule has 0 radical (unpaired) electrons. The van der Waals surface area contributed by atoms with E-state index in [0.717, 1.165) is 22.0 Å². The van der Waals surface area contributed by atoms with Gasteiger partial charge in [-0.2, -0.15) is 0 Å². The monoisotopic (exact) mass is 371 g/mol. The van der Waals surface area contributed by atoms with Gasteiger partial charge in [0.2, 0.25) is 11.8 Å². The van der Waals surface area contributed by atoms with Gasteiger partial charge in [-0.05, 0) is 30.2 Å². The summed E-state index contributed by atoms with van der Waals surface area (Å²) in [6.07, 6.45) is 5.41. The molecule has 0 spiro atoms. The minimum Gasteiger partial charge on any atom is -0.331 e. The minimum atomic E-state index is -0.330. The van der Waals surface area contributed by atoms with E-state index in [0.29, 0.717) is 13.0 Å². The lowest BCUT2D eigenvalue weighted by Crippen LogP contribution is -2.34. The number of pyridine rings is 1. The summed E-state index contributed by atoms with van der Waals surface area (Å²) >= 11 is 0. The predicted octanol–water partition coefficient (Wildman–Crippen LogP) is 3.95. The summed E-state index contributed by atoms with van der Waals surface area (Å²) in [7, 11) is 0. The van der Waals surface area contributed by atoms with Crippen molar-refractivity contribution in [1.82, 2.24) is 9.88 Å². The SMILES string of the molecule is C=CC(=O)N1CC[C@H](C(=O)Nc2cccc3cnccc23)[C@H]1c1ccccc1. The molecule has 1 fully saturated rings. The molecule has 4 rings (SSSR count). The zero-order valence-electron chi connectivity index (χ0n) is 15.4. The molecule has 1 aromatic heterocycles. The third-order valence-corrected chi connectivity index (χ3v) is 5.27. The first-order valence-electron chi connectivity index (χ1n) is 9.30. The van der Waals surface area contributed by atoms with Crippen LogP contribution in [0.5, 0.6) is 0 Å². The molecule has 2 atom stereocenters. The molecule has 0 aliphatic carbocycles. The molecule has 0 saturated carbocycles. The molecule has 3 aromatic rings. The number of fused-ring (bicyclic) bond motifs is 1. The number of aromatic nitrogens is 1. The van der Waals surface area contributed by atoms with Crippen molar-refractivity contribution in [2.45, 2.75) is 12.5 Å². The Labute approximate surface area is 163 Å². The Morgan fingerprint density at radius 2 is 1.93 bits per heavy atom. The minimum absolute atomic E-state index is 0.0856. The Kier molecular flexibility index (Phi) is 4.89. The van der Waals surface area contributed by atoms with Gasteiger partial charge < -0.3 is 10.2 Å². The van der Waals surface area contributed by atoms with E-state index in [9.17, 15) is 9.59 Å². The van der Waals surface area contributed by atoms with E-state index in [-0.39, 0.29) is 23.8 Å². The number of nitrogens with zero attached hydrogens (tertiary/aromatic N) is 2. The number of likely N-dealkylation sites (tertiary alicyclic amines) is 1. The average Bonchev–Trinajstić information content (AvgIpc) is 3.19. The van der Waals surface area contributed by atoms with E-state index in [1.807, 2.05) is 54.6 Å². The van der Waals surface area contributed by atoms with Gasteiger partial charge in [-0.15, -0.1) is 0 Å². The second kappa shape index (κ2) is 7.64. The second-order valence-electron chi connectivity index (χ2n) is 6.88. The van der Waals surface area contributed by atoms with Crippen LogP contribution in [0.4, 0.5) is 5.69 Å². The van der Waals surface area contributed by atoms with Crippen LogP contribution in [-0.4, -0.2) is 28.2 Å². The standard InChI is InChI=1S/C23H21N3O2/c1-2-21(27)26-14-12-19(22(26)16-7-4-3-5-8-16)23(28)25-20-10-6-9-17-15-24-13-11-18(17)20/h2-11,13,15,19,22H,1,12,14H2,(H,25,28)/t19-,22+/m0/s1. The highest BCUT2D eigenvalue weighted by molar-refractivity contribution is 6.03. The summed E-state index contributed by atoms with van der Waals surface area (Å²) in [5, 5.41) is 4.98. The number of amides is 2. The van der Waals surface area contributed by atoms with Gasteiger partial charge in [0.25, 0.3) is 0 Å². The fourth-order valence-corrected chi connectivity index (χ4v) is 3.95. The van der Waals surface area contributed by atoms with Crippen molar-refractivity contribution in [1.29, 1.82) is 0 Å². The van der Waals surface area contributed by atoms with Crippen LogP contribution in [-0.2, 0) is 9.59 Å². The van der Waals surface area contributed by atoms with E-state index in [4.69, 9.17) is 0 Å². The summed E-state index contributed by atoms with van der Waals surface area (Å²) in [5.41, 5.74) is 1.71. The van der Waals surface area contributed by atoms with Crippen molar-refractivity contribution in [2.24, 2.45) is 5.92 Å². The maximum atomic E-state index is 13.2. The molecular formula is C23H21N3O2. The molecule has 2 heterocycles. The van der Waals surface area contributed by atoms with Crippen LogP contribution in [0, 0.1) is 5.92 Å². The van der Waals surface area contributed by atoms with Gasteiger partial charge in [0, 0.05) is 35.4 Å². The van der Waals surface area contributed by atoms with Crippen LogP contribution in [0.2, 0.25) is 0 Å². The number of hydrogen-bond donors (Lipinski definition) is 1. The fourth-order valence-electron chi connectivity index (χ4n) is 3.95. The zero-order chi connectivity index (χ0) is 19.5. The summed E-state index contributed by atoms with van der Waals surface area (Å²) < 4.78 is 0. The molecule has 5 nitrogen and oxygen atoms in total. The highest BCUT2D eigenvalue weighted by Gasteiger charge is 2.41. The van der Waals surface area contributed by atoms with Crippen LogP contribution in [0.1, 0.15) is 18.0 Å². The lowest BCUT2D eigenvalue weighted by molar-refractivity contribution is -0.128. The Balaban J connectivity index is 1.65. The van der Waals surface area contributed by atoms with Crippen LogP contribution in [0.3, 0.4) is 0 Å². The molecule has 140 valence electrons. The van der Waals surface area contributed by atoms with E-state index in [2.05, 4.69) is 16.9 Å². The van der Waals surface area contributed by atoms with Crippen LogP contribution >= 0.6 is 0 Å². The van der Waals surface area contributed by atoms with Crippen molar-refractivity contribution in [3.63, 3.8) is 0 Å². The van der Waals surface area contributed by atoms with Gasteiger partial charge in [-0.25, -0.2) is 0 Å². The molecule has 28 heavy (non-hydrogen) atoms. The maximum Gasteiger partial charge on any atom is 0.246 e. The lowest BCUT2D eigenvalue weighted by atomic mass is 9.92. The van der Waals surface area contributed by atoms with E-state index >= 15 is 0 Å². The number of carbonyl (C=O) groups is 2. The second-order valence-corrected chi connectivity index (χ2v) is 6.88. The first kappa shape index (κ1) is 17.9. The highest BCUT2D eigenvalue weighted by atomic mass is 16.2. The van der Waals surface area contributed by atoms with Crippen LogP contribution in [0.25, 0.3) is 10.8 Å². The Hall–Kier alpha value is -3.47. The number of rotatable bonds is 4. The molecule has 1 N–H and O–H groups in total. The van der Waals surface area contributed by atoms with Crippen molar-refractivity contribution < 1.29 is 9.59 Å². The van der Waals surface area contributed by atoms with Crippen molar-refractivity contribution in [3.05, 3.63) is 85.2 Å². The number of nitrogens with one attached hydrogen (secondary N) is 1. The lowest BCUT2D eigenvalue weighted by Gasteiger charge is -2.27. The topological polar surface area (TPSA) is 62.3 Å². The van der Waals surface area contributed by atoms with Gasteiger partial charge in [-0.1, -0.05) is 49.0 Å². The quantitative estimate of drug-likeness (QED) is 0.707. The summed E-state index contributed by atoms with van der Waals surface area (Å²) in [6, 6.07) is 17.0. The van der Waals surface area contributed by atoms with Crippen molar-refractivity contribution in [3.8, 4) is 0 Å². The molecule has 0 bridgehead atoms. The molecule has 0 unspecified atom stereocenters. The molecule has 1 aliphatic heterocycles. The van der Waals surface area contributed by atoms with Crippen molar-refractivity contribution in [2.75, 3.05) is 11.9 Å². The average molecular weight is 371 g/mol. The largest absolute Gasteiger partial charge is 0.331 e. The molecule has 2 aromatic carbocycles. The van der Waals surface area contributed by atoms with Gasteiger partial charge in [0.05, 0.1) is 12.0 Å². The maximum absolute atomic E-state index is 13.2. The number of hydrogen-bond acceptors (Lipinski definition) is 3. The Bertz CT molecular complexity index is 1030. The van der Waals surface area contributed by atoms with Crippen molar-refractivity contribution >= 4 is 28.3 Å². The highest BCUT2D eigenvalue weighted by Crippen LogP contribution is 2.38. The molecule has 2 amide bonds. The number of anilines is 1. The number of carbonyl (C=O) groups excluding carboxylic acids is 2. The van der Waals surface area contributed by atoms with Gasteiger partial charge >= 0.3 is 0 Å². The van der Waals surface area contributed by atoms with Gasteiger partial charge in [-0.3, -0.25) is 14.6 Å². The van der Waals surface area contributed by atoms with Gasteiger partial charge in [0.15, 0.2) is 0 Å². The summed E-state index contributed by atoms with van der Waals surface area (Å²) in [4.78, 5) is 31.4. The number of benzene rings is 2. The van der Waals surface area contributed by atoms with Gasteiger partial charge in [0.1, 0.15) is 0 Å². The molecule has 5 heteroatoms. The Morgan fingerprint density at radius 1 is 1.11 bits per heavy atom. The predicted molar refractivity (Wildman–Crippen MR) is 110 cm³/mol. The summed E-state index contributed by atoms with van der Waals surface area (Å²) in [5.74, 6) is -0.568. The normalized spacial score (nSPS) is 18.8. The Morgan fingerprint density at radius 3 is 2.71 bits per heavy atom. The third kappa shape index (κ3) is 3.27. The fraction of sp³-hybridized carbons (Fsp3) is 0.174. The molecule has 1 aliphatic rings. The third-order valence-electron chi connectivity index (χ3n) is 5.27. The zero-order valence-corrected chi connectivity index (χ0v) is 15.4. The molecular weight excluding hydrogens is 350 g/mol. The summed E-state index contributed by atoms with van der Waals surface area (Å²) in [6.45, 7) is 4.14. The molecule has 1 saturated heterocycles.